The Balaban J connectivity index is 2.06. The van der Waals surface area contributed by atoms with Crippen molar-refractivity contribution in [3.05, 3.63) is 42.5 Å². The summed E-state index contributed by atoms with van der Waals surface area (Å²) in [6.45, 7) is 0.885. The lowest BCUT2D eigenvalue weighted by atomic mass is 10.3. The third kappa shape index (κ3) is 3.64. The van der Waals surface area contributed by atoms with Gasteiger partial charge in [0.2, 0.25) is 0 Å². The van der Waals surface area contributed by atoms with Gasteiger partial charge in [-0.25, -0.2) is 9.97 Å². The number of rotatable bonds is 5. The summed E-state index contributed by atoms with van der Waals surface area (Å²) in [6, 6.07) is 9.62. The Hall–Kier alpha value is -2.68. The van der Waals surface area contributed by atoms with E-state index in [2.05, 4.69) is 20.3 Å². The monoisotopic (exact) mass is 254 g/mol. The molecule has 2 aromatic rings. The van der Waals surface area contributed by atoms with Gasteiger partial charge in [-0.05, 0) is 12.1 Å². The van der Waals surface area contributed by atoms with Gasteiger partial charge in [-0.2, -0.15) is 5.26 Å². The van der Waals surface area contributed by atoms with Crippen LogP contribution in [0.3, 0.4) is 0 Å². The van der Waals surface area contributed by atoms with E-state index in [-0.39, 0.29) is 6.54 Å². The van der Waals surface area contributed by atoms with E-state index in [9.17, 15) is 0 Å². The molecule has 0 aromatic carbocycles. The molecule has 0 spiro atoms. The topological polar surface area (TPSA) is 77.7 Å². The van der Waals surface area contributed by atoms with Crippen molar-refractivity contribution in [1.29, 1.82) is 5.26 Å². The first-order valence-corrected chi connectivity index (χ1v) is 5.83. The van der Waals surface area contributed by atoms with E-state index in [4.69, 9.17) is 5.26 Å². The van der Waals surface area contributed by atoms with E-state index in [1.165, 1.54) is 6.33 Å². The van der Waals surface area contributed by atoms with E-state index in [0.717, 1.165) is 11.5 Å². The van der Waals surface area contributed by atoms with Crippen LogP contribution >= 0.6 is 0 Å². The Bertz CT molecular complexity index is 563. The van der Waals surface area contributed by atoms with Crippen LogP contribution in [0, 0.1) is 11.3 Å². The van der Waals surface area contributed by atoms with Crippen molar-refractivity contribution < 1.29 is 0 Å². The van der Waals surface area contributed by atoms with Gasteiger partial charge in [0, 0.05) is 19.3 Å². The average Bonchev–Trinajstić information content (AvgIpc) is 2.46. The Morgan fingerprint density at radius 3 is 2.95 bits per heavy atom. The second-order valence-electron chi connectivity index (χ2n) is 3.95. The van der Waals surface area contributed by atoms with E-state index < -0.39 is 0 Å². The summed E-state index contributed by atoms with van der Waals surface area (Å²) in [5.74, 6) is 1.42. The maximum atomic E-state index is 8.53. The molecular weight excluding hydrogens is 240 g/mol. The number of anilines is 2. The molecule has 6 nitrogen and oxygen atoms in total. The number of hydrogen-bond donors (Lipinski definition) is 1. The van der Waals surface area contributed by atoms with Gasteiger partial charge in [-0.15, -0.1) is 0 Å². The van der Waals surface area contributed by atoms with Gasteiger partial charge in [0.15, 0.2) is 0 Å². The van der Waals surface area contributed by atoms with Crippen LogP contribution < -0.4 is 10.2 Å². The van der Waals surface area contributed by atoms with Crippen LogP contribution in [0.2, 0.25) is 0 Å². The minimum Gasteiger partial charge on any atom is -0.357 e. The first kappa shape index (κ1) is 12.8. The highest BCUT2D eigenvalue weighted by atomic mass is 15.2. The van der Waals surface area contributed by atoms with Crippen molar-refractivity contribution in [2.45, 2.75) is 6.54 Å². The van der Waals surface area contributed by atoms with Crippen LogP contribution in [-0.2, 0) is 6.54 Å². The number of hydrogen-bond acceptors (Lipinski definition) is 6. The van der Waals surface area contributed by atoms with Gasteiger partial charge in [-0.1, -0.05) is 6.07 Å². The molecule has 2 rings (SSSR count). The van der Waals surface area contributed by atoms with Crippen LogP contribution in [0.25, 0.3) is 0 Å². The zero-order chi connectivity index (χ0) is 13.5. The minimum atomic E-state index is 0.223. The summed E-state index contributed by atoms with van der Waals surface area (Å²) < 4.78 is 0. The lowest BCUT2D eigenvalue weighted by Gasteiger charge is -2.17. The second kappa shape index (κ2) is 6.31. The predicted octanol–water partition coefficient (Wildman–Crippen LogP) is 1.44. The first-order chi connectivity index (χ1) is 9.29. The average molecular weight is 254 g/mol. The fourth-order valence-electron chi connectivity index (χ4n) is 1.60. The number of nitrogens with one attached hydrogen (secondary N) is 1. The molecule has 0 amide bonds. The number of pyridine rings is 1. The number of nitrogens with zero attached hydrogens (tertiary/aromatic N) is 5. The molecule has 0 aliphatic rings. The summed E-state index contributed by atoms with van der Waals surface area (Å²) in [6.07, 6.45) is 3.24. The van der Waals surface area contributed by atoms with Crippen LogP contribution in [-0.4, -0.2) is 28.5 Å². The maximum absolute atomic E-state index is 8.53. The van der Waals surface area contributed by atoms with Crippen molar-refractivity contribution in [3.63, 3.8) is 0 Å². The molecule has 1 N–H and O–H groups in total. The molecule has 0 aliphatic heterocycles. The molecule has 6 heteroatoms. The smallest absolute Gasteiger partial charge is 0.134 e. The van der Waals surface area contributed by atoms with Crippen molar-refractivity contribution >= 4 is 11.6 Å². The van der Waals surface area contributed by atoms with Gasteiger partial charge < -0.3 is 10.2 Å². The van der Waals surface area contributed by atoms with Crippen molar-refractivity contribution in [3.8, 4) is 6.07 Å². The predicted molar refractivity (Wildman–Crippen MR) is 72.5 cm³/mol. The molecule has 0 bridgehead atoms. The SMILES string of the molecule is CN(Cc1ccccn1)c1cc(NCC#N)ncn1. The lowest BCUT2D eigenvalue weighted by Crippen LogP contribution is -2.18. The fraction of sp³-hybridized carbons (Fsp3) is 0.231. The molecule has 2 heterocycles. The van der Waals surface area contributed by atoms with Crippen molar-refractivity contribution in [2.24, 2.45) is 0 Å². The molecule has 0 aliphatic carbocycles. The molecule has 96 valence electrons. The first-order valence-electron chi connectivity index (χ1n) is 5.83. The Morgan fingerprint density at radius 2 is 2.21 bits per heavy atom. The van der Waals surface area contributed by atoms with Gasteiger partial charge in [0.1, 0.15) is 24.5 Å². The molecule has 0 unspecified atom stereocenters. The molecule has 2 aromatic heterocycles. The van der Waals surface area contributed by atoms with Gasteiger partial charge >= 0.3 is 0 Å². The molecule has 0 atom stereocenters. The van der Waals surface area contributed by atoms with Gasteiger partial charge in [-0.3, -0.25) is 4.98 Å². The van der Waals surface area contributed by atoms with Crippen molar-refractivity contribution in [1.82, 2.24) is 15.0 Å². The van der Waals surface area contributed by atoms with Crippen LogP contribution in [0.4, 0.5) is 11.6 Å². The van der Waals surface area contributed by atoms with E-state index in [1.54, 1.807) is 12.3 Å². The lowest BCUT2D eigenvalue weighted by molar-refractivity contribution is 0.861. The zero-order valence-electron chi connectivity index (χ0n) is 10.6. The Kier molecular flexibility index (Phi) is 4.24. The highest BCUT2D eigenvalue weighted by molar-refractivity contribution is 5.48. The summed E-state index contributed by atoms with van der Waals surface area (Å²) in [5.41, 5.74) is 0.968. The maximum Gasteiger partial charge on any atom is 0.134 e. The van der Waals surface area contributed by atoms with Crippen molar-refractivity contribution in [2.75, 3.05) is 23.8 Å². The van der Waals surface area contributed by atoms with Gasteiger partial charge in [0.25, 0.3) is 0 Å². The van der Waals surface area contributed by atoms with E-state index >= 15 is 0 Å². The Labute approximate surface area is 111 Å². The highest BCUT2D eigenvalue weighted by Gasteiger charge is 2.05. The third-order valence-corrected chi connectivity index (χ3v) is 2.52. The minimum absolute atomic E-state index is 0.223. The van der Waals surface area contributed by atoms with E-state index in [0.29, 0.717) is 12.4 Å². The molecule has 0 saturated carbocycles. The third-order valence-electron chi connectivity index (χ3n) is 2.52. The largest absolute Gasteiger partial charge is 0.357 e. The normalized spacial score (nSPS) is 9.68. The highest BCUT2D eigenvalue weighted by Crippen LogP contribution is 2.14. The van der Waals surface area contributed by atoms with Crippen LogP contribution in [0.15, 0.2) is 36.8 Å². The summed E-state index contributed by atoms with van der Waals surface area (Å²) in [4.78, 5) is 14.5. The Morgan fingerprint density at radius 1 is 1.32 bits per heavy atom. The quantitative estimate of drug-likeness (QED) is 0.813. The number of aromatic nitrogens is 3. The second-order valence-corrected chi connectivity index (χ2v) is 3.95. The summed E-state index contributed by atoms with van der Waals surface area (Å²) in [5, 5.41) is 11.4. The molecule has 0 fully saturated rings. The van der Waals surface area contributed by atoms with Gasteiger partial charge in [0.05, 0.1) is 18.3 Å². The zero-order valence-corrected chi connectivity index (χ0v) is 10.6. The van der Waals surface area contributed by atoms with Crippen LogP contribution in [0.1, 0.15) is 5.69 Å². The number of nitriles is 1. The summed E-state index contributed by atoms with van der Waals surface area (Å²) in [7, 11) is 1.94. The molecule has 0 saturated heterocycles. The molecular formula is C13H14N6. The molecule has 0 radical (unpaired) electrons. The summed E-state index contributed by atoms with van der Waals surface area (Å²) >= 11 is 0. The molecule has 19 heavy (non-hydrogen) atoms. The standard InChI is InChI=1S/C13H14N6/c1-19(9-11-4-2-3-6-15-11)13-8-12(16-7-5-14)17-10-18-13/h2-4,6,8,10H,7,9H2,1H3,(H,16,17,18). The van der Waals surface area contributed by atoms with E-state index in [1.807, 2.05) is 36.2 Å². The van der Waals surface area contributed by atoms with Crippen LogP contribution in [0.5, 0.6) is 0 Å². The fourth-order valence-corrected chi connectivity index (χ4v) is 1.60.